The number of aromatic nitrogens is 3. The van der Waals surface area contributed by atoms with Crippen LogP contribution in [0.15, 0.2) is 29.5 Å². The van der Waals surface area contributed by atoms with Crippen LogP contribution in [0.25, 0.3) is 0 Å². The van der Waals surface area contributed by atoms with Crippen LogP contribution in [0, 0.1) is 0 Å². The van der Waals surface area contributed by atoms with Crippen molar-refractivity contribution in [1.29, 1.82) is 0 Å². The van der Waals surface area contributed by atoms with Crippen LogP contribution >= 0.6 is 24.0 Å². The van der Waals surface area contributed by atoms with Gasteiger partial charge in [-0.25, -0.2) is 0 Å². The second kappa shape index (κ2) is 8.59. The third-order valence-electron chi connectivity index (χ3n) is 3.63. The molecule has 6 nitrogen and oxygen atoms in total. The molecule has 0 amide bonds. The predicted octanol–water partition coefficient (Wildman–Crippen LogP) is 2.60. The van der Waals surface area contributed by atoms with Gasteiger partial charge in [0, 0.05) is 58.4 Å². The third-order valence-corrected chi connectivity index (χ3v) is 3.63. The van der Waals surface area contributed by atoms with Gasteiger partial charge < -0.3 is 14.8 Å². The number of hydrogen-bond donors (Lipinski definition) is 1. The molecule has 0 atom stereocenters. The van der Waals surface area contributed by atoms with Crippen LogP contribution in [-0.4, -0.2) is 39.3 Å². The zero-order valence-corrected chi connectivity index (χ0v) is 16.8. The smallest absolute Gasteiger partial charge is 0.353 e. The van der Waals surface area contributed by atoms with Crippen molar-refractivity contribution in [2.75, 3.05) is 14.1 Å². The molecule has 0 spiro atoms. The molecule has 140 valence electrons. The number of alkyl halides is 3. The molecule has 25 heavy (non-hydrogen) atoms. The van der Waals surface area contributed by atoms with Gasteiger partial charge in [0.2, 0.25) is 0 Å². The molecule has 10 heteroatoms. The van der Waals surface area contributed by atoms with Crippen molar-refractivity contribution in [2.45, 2.75) is 19.3 Å². The average Bonchev–Trinajstić information content (AvgIpc) is 3.05. The minimum atomic E-state index is -4.48. The maximum absolute atomic E-state index is 13.0. The molecule has 0 saturated carbocycles. The van der Waals surface area contributed by atoms with Crippen LogP contribution in [0.1, 0.15) is 17.0 Å². The number of hydrogen-bond acceptors (Lipinski definition) is 2. The molecule has 0 radical (unpaired) electrons. The van der Waals surface area contributed by atoms with Crippen molar-refractivity contribution in [3.8, 4) is 0 Å². The number of nitrogens with zero attached hydrogens (tertiary/aromatic N) is 5. The summed E-state index contributed by atoms with van der Waals surface area (Å²) in [4.78, 5) is 5.97. The summed E-state index contributed by atoms with van der Waals surface area (Å²) in [7, 11) is 6.83. The SMILES string of the molecule is CN=C(NCc1cn(C)nc1C(F)(F)F)N(C)Cc1cccn1C.I. The Bertz CT molecular complexity index is 719. The quantitative estimate of drug-likeness (QED) is 0.425. The molecule has 2 aromatic heterocycles. The van der Waals surface area contributed by atoms with E-state index in [-0.39, 0.29) is 36.1 Å². The van der Waals surface area contributed by atoms with Crippen molar-refractivity contribution in [2.24, 2.45) is 19.1 Å². The number of nitrogens with one attached hydrogen (secondary N) is 1. The Morgan fingerprint density at radius 2 is 2.04 bits per heavy atom. The topological polar surface area (TPSA) is 50.4 Å². The van der Waals surface area contributed by atoms with Gasteiger partial charge in [-0.2, -0.15) is 18.3 Å². The third kappa shape index (κ3) is 5.38. The van der Waals surface area contributed by atoms with Gasteiger partial charge in [0.25, 0.3) is 0 Å². The summed E-state index contributed by atoms with van der Waals surface area (Å²) in [5.41, 5.74) is 0.272. The molecule has 2 heterocycles. The van der Waals surface area contributed by atoms with Crippen LogP contribution < -0.4 is 5.32 Å². The lowest BCUT2D eigenvalue weighted by Crippen LogP contribution is -2.38. The van der Waals surface area contributed by atoms with Crippen LogP contribution in [0.3, 0.4) is 0 Å². The lowest BCUT2D eigenvalue weighted by atomic mass is 10.2. The summed E-state index contributed by atoms with van der Waals surface area (Å²) in [5, 5.41) is 6.45. The molecular weight excluding hydrogens is 448 g/mol. The van der Waals surface area contributed by atoms with E-state index in [1.54, 1.807) is 7.05 Å². The maximum Gasteiger partial charge on any atom is 0.435 e. The molecule has 1 N–H and O–H groups in total. The van der Waals surface area contributed by atoms with Crippen LogP contribution in [0.2, 0.25) is 0 Å². The second-order valence-corrected chi connectivity index (χ2v) is 5.54. The van der Waals surface area contributed by atoms with E-state index in [4.69, 9.17) is 0 Å². The molecule has 0 aromatic carbocycles. The first-order chi connectivity index (χ1) is 11.2. The monoisotopic (exact) mass is 470 g/mol. The Kier molecular flexibility index (Phi) is 7.32. The largest absolute Gasteiger partial charge is 0.435 e. The average molecular weight is 470 g/mol. The molecule has 0 aliphatic heterocycles. The predicted molar refractivity (Wildman–Crippen MR) is 101 cm³/mol. The van der Waals surface area contributed by atoms with Gasteiger partial charge in [0.1, 0.15) is 0 Å². The van der Waals surface area contributed by atoms with E-state index >= 15 is 0 Å². The Morgan fingerprint density at radius 1 is 1.36 bits per heavy atom. The maximum atomic E-state index is 13.0. The molecule has 2 rings (SSSR count). The number of aliphatic imine (C=N–C) groups is 1. The minimum Gasteiger partial charge on any atom is -0.353 e. The van der Waals surface area contributed by atoms with E-state index in [0.717, 1.165) is 10.4 Å². The molecule has 0 unspecified atom stereocenters. The summed E-state index contributed by atoms with van der Waals surface area (Å²) in [6.45, 7) is 0.579. The van der Waals surface area contributed by atoms with E-state index < -0.39 is 11.9 Å². The fraction of sp³-hybridized carbons (Fsp3) is 0.467. The highest BCUT2D eigenvalue weighted by Crippen LogP contribution is 2.30. The summed E-state index contributed by atoms with van der Waals surface area (Å²) in [5.74, 6) is 0.508. The summed E-state index contributed by atoms with van der Waals surface area (Å²) < 4.78 is 42.1. The minimum absolute atomic E-state index is 0. The highest BCUT2D eigenvalue weighted by molar-refractivity contribution is 14.0. The Labute approximate surface area is 161 Å². The van der Waals surface area contributed by atoms with Gasteiger partial charge in [-0.3, -0.25) is 9.67 Å². The first kappa shape index (κ1) is 21.3. The van der Waals surface area contributed by atoms with Crippen molar-refractivity contribution in [1.82, 2.24) is 24.6 Å². The number of halogens is 4. The Hall–Kier alpha value is -1.72. The molecule has 0 fully saturated rings. The fourth-order valence-corrected chi connectivity index (χ4v) is 2.44. The zero-order chi connectivity index (χ0) is 17.9. The summed E-state index contributed by atoms with van der Waals surface area (Å²) in [6, 6.07) is 3.91. The standard InChI is InChI=1S/C15H21F3N6.HI/c1-19-14(23(3)10-12-6-5-7-22(12)2)20-8-11-9-24(4)21-13(11)15(16,17)18;/h5-7,9H,8,10H2,1-4H3,(H,19,20);1H. The highest BCUT2D eigenvalue weighted by atomic mass is 127. The van der Waals surface area contributed by atoms with Gasteiger partial charge in [-0.05, 0) is 12.1 Å². The van der Waals surface area contributed by atoms with Crippen LogP contribution in [0.4, 0.5) is 13.2 Å². The number of aryl methyl sites for hydroxylation is 2. The Morgan fingerprint density at radius 3 is 2.56 bits per heavy atom. The van der Waals surface area contributed by atoms with Gasteiger partial charge >= 0.3 is 6.18 Å². The van der Waals surface area contributed by atoms with Crippen LogP contribution in [0.5, 0.6) is 0 Å². The normalized spacial score (nSPS) is 12.0. The number of guanidine groups is 1. The van der Waals surface area contributed by atoms with Crippen molar-refractivity contribution in [3.05, 3.63) is 41.5 Å². The summed E-state index contributed by atoms with van der Waals surface area (Å²) in [6.07, 6.45) is -1.18. The first-order valence-corrected chi connectivity index (χ1v) is 7.34. The van der Waals surface area contributed by atoms with Crippen LogP contribution in [-0.2, 0) is 33.4 Å². The molecular formula is C15H22F3IN6. The molecule has 0 aliphatic rings. The molecule has 2 aromatic rings. The van der Waals surface area contributed by atoms with Gasteiger partial charge in [-0.15, -0.1) is 24.0 Å². The van der Waals surface area contributed by atoms with Gasteiger partial charge in [0.05, 0.1) is 6.54 Å². The van der Waals surface area contributed by atoms with Gasteiger partial charge in [-0.1, -0.05) is 0 Å². The lowest BCUT2D eigenvalue weighted by molar-refractivity contribution is -0.142. The number of rotatable bonds is 4. The van der Waals surface area contributed by atoms with Crippen molar-refractivity contribution in [3.63, 3.8) is 0 Å². The Balaban J connectivity index is 0.00000312. The lowest BCUT2D eigenvalue weighted by Gasteiger charge is -2.22. The van der Waals surface area contributed by atoms with E-state index in [1.165, 1.54) is 13.2 Å². The summed E-state index contributed by atoms with van der Waals surface area (Å²) >= 11 is 0. The van der Waals surface area contributed by atoms with E-state index in [9.17, 15) is 13.2 Å². The van der Waals surface area contributed by atoms with E-state index in [2.05, 4.69) is 15.4 Å². The van der Waals surface area contributed by atoms with Crippen molar-refractivity contribution >= 4 is 29.9 Å². The van der Waals surface area contributed by atoms with Crippen molar-refractivity contribution < 1.29 is 13.2 Å². The molecule has 0 saturated heterocycles. The molecule has 0 aliphatic carbocycles. The molecule has 0 bridgehead atoms. The van der Waals surface area contributed by atoms with E-state index in [1.807, 2.05) is 41.9 Å². The highest BCUT2D eigenvalue weighted by Gasteiger charge is 2.36. The first-order valence-electron chi connectivity index (χ1n) is 7.34. The zero-order valence-electron chi connectivity index (χ0n) is 14.5. The van der Waals surface area contributed by atoms with E-state index in [0.29, 0.717) is 12.5 Å². The second-order valence-electron chi connectivity index (χ2n) is 5.54. The van der Waals surface area contributed by atoms with Gasteiger partial charge in [0.15, 0.2) is 11.7 Å². The fourth-order valence-electron chi connectivity index (χ4n) is 2.44.